The Morgan fingerprint density at radius 3 is 2.12 bits per heavy atom. The zero-order valence-electron chi connectivity index (χ0n) is 10.0. The van der Waals surface area contributed by atoms with E-state index in [0.29, 0.717) is 5.56 Å². The second-order valence-electron chi connectivity index (χ2n) is 4.76. The summed E-state index contributed by atoms with van der Waals surface area (Å²) < 4.78 is 0. The van der Waals surface area contributed by atoms with Crippen molar-refractivity contribution in [3.05, 3.63) is 35.4 Å². The first kappa shape index (κ1) is 13.0. The van der Waals surface area contributed by atoms with Gasteiger partial charge in [0.05, 0.1) is 5.54 Å². The highest BCUT2D eigenvalue weighted by atomic mass is 35.5. The summed E-state index contributed by atoms with van der Waals surface area (Å²) in [5, 5.41) is 1.40. The summed E-state index contributed by atoms with van der Waals surface area (Å²) in [5.74, 6) is -0.137. The van der Waals surface area contributed by atoms with Crippen molar-refractivity contribution in [3.63, 3.8) is 0 Å². The van der Waals surface area contributed by atoms with Crippen LogP contribution < -0.4 is 4.94 Å². The average Bonchev–Trinajstić information content (AvgIpc) is 2.17. The van der Waals surface area contributed by atoms with E-state index in [2.05, 4.69) is 4.94 Å². The maximum absolute atomic E-state index is 12.1. The van der Waals surface area contributed by atoms with Crippen LogP contribution >= 0.6 is 11.8 Å². The van der Waals surface area contributed by atoms with Crippen molar-refractivity contribution in [1.82, 2.24) is 9.95 Å². The highest BCUT2D eigenvalue weighted by Gasteiger charge is 2.26. The lowest BCUT2D eigenvalue weighted by Crippen LogP contribution is -2.50. The maximum Gasteiger partial charge on any atom is 0.269 e. The summed E-state index contributed by atoms with van der Waals surface area (Å²) >= 11 is 5.58. The summed E-state index contributed by atoms with van der Waals surface area (Å²) in [7, 11) is 0. The third-order valence-electron chi connectivity index (χ3n) is 2.26. The topological polar surface area (TPSA) is 32.3 Å². The molecule has 3 nitrogen and oxygen atoms in total. The number of aryl methyl sites for hydroxylation is 1. The van der Waals surface area contributed by atoms with Crippen LogP contribution in [0.15, 0.2) is 24.3 Å². The molecule has 0 aliphatic heterocycles. The highest BCUT2D eigenvalue weighted by molar-refractivity contribution is 6.14. The van der Waals surface area contributed by atoms with Crippen molar-refractivity contribution in [3.8, 4) is 0 Å². The van der Waals surface area contributed by atoms with Crippen LogP contribution in [0.4, 0.5) is 0 Å². The van der Waals surface area contributed by atoms with Crippen molar-refractivity contribution in [2.45, 2.75) is 33.2 Å². The van der Waals surface area contributed by atoms with E-state index in [4.69, 9.17) is 11.8 Å². The molecule has 0 aromatic heterocycles. The molecular formula is C12H17ClN2O. The summed E-state index contributed by atoms with van der Waals surface area (Å²) in [6.07, 6.45) is 0. The van der Waals surface area contributed by atoms with E-state index < -0.39 is 0 Å². The molecule has 1 aromatic rings. The van der Waals surface area contributed by atoms with Crippen LogP contribution in [-0.4, -0.2) is 16.5 Å². The molecule has 0 fully saturated rings. The molecule has 16 heavy (non-hydrogen) atoms. The van der Waals surface area contributed by atoms with Gasteiger partial charge in [-0.3, -0.25) is 9.80 Å². The van der Waals surface area contributed by atoms with Crippen molar-refractivity contribution < 1.29 is 4.79 Å². The number of carbonyl (C=O) groups excluding carboxylic acids is 1. The lowest BCUT2D eigenvalue weighted by molar-refractivity contribution is 0.0516. The first-order valence-electron chi connectivity index (χ1n) is 5.14. The molecule has 1 N–H and O–H groups in total. The fourth-order valence-corrected chi connectivity index (χ4v) is 1.63. The van der Waals surface area contributed by atoms with E-state index in [9.17, 15) is 4.79 Å². The largest absolute Gasteiger partial charge is 0.269 e. The number of nitrogens with zero attached hydrogens (tertiary/aromatic N) is 1. The molecule has 0 heterocycles. The molecule has 1 rings (SSSR count). The van der Waals surface area contributed by atoms with Crippen molar-refractivity contribution in [2.75, 3.05) is 0 Å². The Bertz CT molecular complexity index is 368. The number of hydrogen-bond acceptors (Lipinski definition) is 2. The molecule has 1 aromatic carbocycles. The summed E-state index contributed by atoms with van der Waals surface area (Å²) in [5.41, 5.74) is 1.37. The number of benzene rings is 1. The molecule has 0 aliphatic carbocycles. The number of amides is 1. The average molecular weight is 241 g/mol. The molecule has 0 radical (unpaired) electrons. The van der Waals surface area contributed by atoms with Gasteiger partial charge in [-0.15, -0.1) is 4.94 Å². The Morgan fingerprint density at radius 2 is 1.75 bits per heavy atom. The molecule has 4 heteroatoms. The molecule has 0 saturated carbocycles. The molecule has 0 bridgehead atoms. The lowest BCUT2D eigenvalue weighted by atomic mass is 10.1. The lowest BCUT2D eigenvalue weighted by Gasteiger charge is -2.33. The zero-order valence-corrected chi connectivity index (χ0v) is 10.8. The third-order valence-corrected chi connectivity index (χ3v) is 2.43. The van der Waals surface area contributed by atoms with Crippen LogP contribution in [0.5, 0.6) is 0 Å². The Kier molecular flexibility index (Phi) is 3.94. The number of nitrogens with one attached hydrogen (secondary N) is 1. The molecular weight excluding hydrogens is 224 g/mol. The number of carbonyl (C=O) groups is 1. The summed E-state index contributed by atoms with van der Waals surface area (Å²) in [4.78, 5) is 14.5. The Labute approximate surface area is 101 Å². The number of rotatable bonds is 2. The van der Waals surface area contributed by atoms with Crippen LogP contribution in [-0.2, 0) is 0 Å². The van der Waals surface area contributed by atoms with Gasteiger partial charge in [-0.05, 0) is 51.6 Å². The molecule has 0 spiro atoms. The van der Waals surface area contributed by atoms with E-state index in [1.807, 2.05) is 39.8 Å². The fraction of sp³-hybridized carbons (Fsp3) is 0.417. The van der Waals surface area contributed by atoms with Crippen LogP contribution in [0.1, 0.15) is 36.7 Å². The number of hydrazine groups is 1. The summed E-state index contributed by atoms with van der Waals surface area (Å²) in [6, 6.07) is 7.40. The van der Waals surface area contributed by atoms with E-state index in [-0.39, 0.29) is 11.4 Å². The van der Waals surface area contributed by atoms with Gasteiger partial charge in [-0.2, -0.15) is 0 Å². The molecule has 0 saturated heterocycles. The third kappa shape index (κ3) is 2.97. The second-order valence-corrected chi connectivity index (χ2v) is 4.93. The van der Waals surface area contributed by atoms with Crippen LogP contribution in [0.2, 0.25) is 0 Å². The number of halogens is 1. The first-order chi connectivity index (χ1) is 7.36. The van der Waals surface area contributed by atoms with Crippen molar-refractivity contribution in [1.29, 1.82) is 0 Å². The summed E-state index contributed by atoms with van der Waals surface area (Å²) in [6.45, 7) is 7.72. The minimum atomic E-state index is -0.371. The second kappa shape index (κ2) is 4.85. The Balaban J connectivity index is 2.96. The molecule has 0 aliphatic rings. The van der Waals surface area contributed by atoms with Crippen molar-refractivity contribution >= 4 is 17.7 Å². The van der Waals surface area contributed by atoms with Gasteiger partial charge >= 0.3 is 0 Å². The van der Waals surface area contributed by atoms with Gasteiger partial charge in [0.15, 0.2) is 0 Å². The van der Waals surface area contributed by atoms with Gasteiger partial charge in [-0.25, -0.2) is 0 Å². The monoisotopic (exact) mass is 240 g/mol. The van der Waals surface area contributed by atoms with Crippen LogP contribution in [0, 0.1) is 6.92 Å². The van der Waals surface area contributed by atoms with Crippen molar-refractivity contribution in [2.24, 2.45) is 0 Å². The van der Waals surface area contributed by atoms with Gasteiger partial charge in [0.1, 0.15) is 0 Å². The predicted molar refractivity (Wildman–Crippen MR) is 66.1 cm³/mol. The normalized spacial score (nSPS) is 11.3. The zero-order chi connectivity index (χ0) is 12.3. The SMILES string of the molecule is Cc1ccc(C(=O)N(NCl)C(C)(C)C)cc1. The molecule has 0 atom stereocenters. The minimum Gasteiger partial charge on any atom is -0.268 e. The smallest absolute Gasteiger partial charge is 0.268 e. The van der Waals surface area contributed by atoms with Gasteiger partial charge in [0, 0.05) is 5.56 Å². The molecule has 88 valence electrons. The minimum absolute atomic E-state index is 0.137. The Morgan fingerprint density at radius 1 is 1.25 bits per heavy atom. The van der Waals surface area contributed by atoms with E-state index in [1.165, 1.54) is 5.01 Å². The standard InChI is InChI=1S/C12H17ClN2O/c1-9-5-7-10(8-6-9)11(16)15(14-13)12(2,3)4/h5-8,14H,1-4H3. The molecule has 1 amide bonds. The highest BCUT2D eigenvalue weighted by Crippen LogP contribution is 2.15. The van der Waals surface area contributed by atoms with Gasteiger partial charge in [0.25, 0.3) is 5.91 Å². The molecule has 0 unspecified atom stereocenters. The van der Waals surface area contributed by atoms with Gasteiger partial charge in [0.2, 0.25) is 0 Å². The quantitative estimate of drug-likeness (QED) is 0.637. The van der Waals surface area contributed by atoms with Gasteiger partial charge in [-0.1, -0.05) is 17.7 Å². The van der Waals surface area contributed by atoms with Crippen LogP contribution in [0.25, 0.3) is 0 Å². The number of hydrogen-bond donors (Lipinski definition) is 1. The van der Waals surface area contributed by atoms with Gasteiger partial charge < -0.3 is 0 Å². The first-order valence-corrected chi connectivity index (χ1v) is 5.51. The van der Waals surface area contributed by atoms with E-state index in [1.54, 1.807) is 12.1 Å². The predicted octanol–water partition coefficient (Wildman–Crippen LogP) is 2.89. The maximum atomic E-state index is 12.1. The van der Waals surface area contributed by atoms with E-state index >= 15 is 0 Å². The fourth-order valence-electron chi connectivity index (χ4n) is 1.30. The Hall–Kier alpha value is -1.06. The van der Waals surface area contributed by atoms with E-state index in [0.717, 1.165) is 5.56 Å². The van der Waals surface area contributed by atoms with Crippen LogP contribution in [0.3, 0.4) is 0 Å².